The number of aliphatic carboxylic acids is 1. The van der Waals surface area contributed by atoms with E-state index in [0.29, 0.717) is 23.6 Å². The van der Waals surface area contributed by atoms with Crippen LogP contribution in [0.3, 0.4) is 0 Å². The molecule has 0 saturated heterocycles. The Labute approximate surface area is 158 Å². The van der Waals surface area contributed by atoms with Gasteiger partial charge in [-0.2, -0.15) is 0 Å². The number of rotatable bonds is 12. The third-order valence-corrected chi connectivity index (χ3v) is 4.68. The first-order valence-corrected chi connectivity index (χ1v) is 9.40. The van der Waals surface area contributed by atoms with E-state index in [0.717, 1.165) is 25.1 Å². The summed E-state index contributed by atoms with van der Waals surface area (Å²) in [6, 6.07) is 8.09. The van der Waals surface area contributed by atoms with Gasteiger partial charge in [0.05, 0.1) is 39.5 Å². The molecule has 0 bridgehead atoms. The van der Waals surface area contributed by atoms with Gasteiger partial charge in [-0.25, -0.2) is 4.79 Å². The summed E-state index contributed by atoms with van der Waals surface area (Å²) in [7, 11) is 3.88. The molecule has 0 amide bonds. The first kappa shape index (κ1) is 22.5. The van der Waals surface area contributed by atoms with Crippen LogP contribution in [-0.4, -0.2) is 61.6 Å². The van der Waals surface area contributed by atoms with Gasteiger partial charge in [0.2, 0.25) is 0 Å². The second-order valence-electron chi connectivity index (χ2n) is 8.43. The van der Waals surface area contributed by atoms with Gasteiger partial charge in [-0.05, 0) is 39.3 Å². The van der Waals surface area contributed by atoms with Crippen molar-refractivity contribution in [1.29, 1.82) is 0 Å². The summed E-state index contributed by atoms with van der Waals surface area (Å²) < 4.78 is 12.5. The molecule has 5 heteroatoms. The van der Waals surface area contributed by atoms with E-state index >= 15 is 0 Å². The summed E-state index contributed by atoms with van der Waals surface area (Å²) in [4.78, 5) is 10.9. The van der Waals surface area contributed by atoms with E-state index in [1.807, 2.05) is 38.4 Å². The second kappa shape index (κ2) is 9.93. The molecule has 0 fully saturated rings. The number of nitrogens with zero attached hydrogens (tertiary/aromatic N) is 1. The van der Waals surface area contributed by atoms with Crippen LogP contribution in [0.25, 0.3) is 0 Å². The summed E-state index contributed by atoms with van der Waals surface area (Å²) in [5.41, 5.74) is 0.935. The van der Waals surface area contributed by atoms with E-state index in [-0.39, 0.29) is 12.1 Å². The molecule has 0 aliphatic heterocycles. The first-order chi connectivity index (χ1) is 12.0. The van der Waals surface area contributed by atoms with Crippen LogP contribution in [0, 0.1) is 12.8 Å². The summed E-state index contributed by atoms with van der Waals surface area (Å²) in [6.45, 7) is 10.5. The average molecular weight is 367 g/mol. The molecule has 26 heavy (non-hydrogen) atoms. The molecule has 1 aromatic rings. The van der Waals surface area contributed by atoms with Gasteiger partial charge >= 0.3 is 5.97 Å². The van der Waals surface area contributed by atoms with Gasteiger partial charge in [-0.3, -0.25) is 0 Å². The lowest BCUT2D eigenvalue weighted by Gasteiger charge is -2.33. The molecular formula is C21H36NO4+. The standard InChI is InChI=1S/C21H35NO4/c1-7-18(15-25-19-10-8-17(2)9-11-19)16-26-21(3,4)12-13-22(5,6)14-20(23)24/h8-11,18H,7,12-16H2,1-6H3/p+1. The minimum atomic E-state index is -0.770. The molecule has 0 aliphatic rings. The van der Waals surface area contributed by atoms with Gasteiger partial charge in [0, 0.05) is 12.3 Å². The monoisotopic (exact) mass is 366 g/mol. The number of likely N-dealkylation sites (N-methyl/N-ethyl adjacent to an activating group) is 1. The summed E-state index contributed by atoms with van der Waals surface area (Å²) in [6.07, 6.45) is 1.80. The number of hydrogen-bond acceptors (Lipinski definition) is 3. The molecule has 0 spiro atoms. The molecule has 0 aromatic heterocycles. The summed E-state index contributed by atoms with van der Waals surface area (Å²) in [5.74, 6) is 0.450. The number of hydrogen-bond donors (Lipinski definition) is 1. The van der Waals surface area contributed by atoms with Crippen molar-refractivity contribution in [2.24, 2.45) is 5.92 Å². The van der Waals surface area contributed by atoms with Crippen molar-refractivity contribution in [3.05, 3.63) is 29.8 Å². The maximum Gasteiger partial charge on any atom is 0.359 e. The zero-order chi connectivity index (χ0) is 19.8. The molecule has 0 aliphatic carbocycles. The predicted molar refractivity (Wildman–Crippen MR) is 105 cm³/mol. The van der Waals surface area contributed by atoms with E-state index in [1.165, 1.54) is 5.56 Å². The zero-order valence-electron chi connectivity index (χ0n) is 17.2. The average Bonchev–Trinajstić information content (AvgIpc) is 2.54. The number of carboxylic acid groups (broad SMARTS) is 1. The Bertz CT molecular complexity index is 552. The van der Waals surface area contributed by atoms with Crippen LogP contribution in [0.2, 0.25) is 0 Å². The fraction of sp³-hybridized carbons (Fsp3) is 0.667. The third-order valence-electron chi connectivity index (χ3n) is 4.68. The Kier molecular flexibility index (Phi) is 8.57. The smallest absolute Gasteiger partial charge is 0.359 e. The van der Waals surface area contributed by atoms with Crippen LogP contribution in [0.1, 0.15) is 39.2 Å². The van der Waals surface area contributed by atoms with Crippen molar-refractivity contribution in [2.45, 2.75) is 46.1 Å². The number of benzene rings is 1. The highest BCUT2D eigenvalue weighted by Crippen LogP contribution is 2.20. The highest BCUT2D eigenvalue weighted by Gasteiger charge is 2.27. The first-order valence-electron chi connectivity index (χ1n) is 9.40. The minimum Gasteiger partial charge on any atom is -0.493 e. The lowest BCUT2D eigenvalue weighted by atomic mass is 10.0. The minimum absolute atomic E-state index is 0.123. The third kappa shape index (κ3) is 9.20. The quantitative estimate of drug-likeness (QED) is 0.573. The van der Waals surface area contributed by atoms with Crippen LogP contribution >= 0.6 is 0 Å². The van der Waals surface area contributed by atoms with Gasteiger partial charge in [0.25, 0.3) is 0 Å². The molecular weight excluding hydrogens is 330 g/mol. The molecule has 1 unspecified atom stereocenters. The molecule has 5 nitrogen and oxygen atoms in total. The van der Waals surface area contributed by atoms with Crippen molar-refractivity contribution < 1.29 is 23.9 Å². The number of carbonyl (C=O) groups is 1. The number of quaternary nitrogens is 1. The van der Waals surface area contributed by atoms with E-state index < -0.39 is 5.97 Å². The fourth-order valence-electron chi connectivity index (χ4n) is 2.57. The Morgan fingerprint density at radius 2 is 1.81 bits per heavy atom. The molecule has 0 saturated carbocycles. The summed E-state index contributed by atoms with van der Waals surface area (Å²) >= 11 is 0. The van der Waals surface area contributed by atoms with Crippen molar-refractivity contribution in [3.63, 3.8) is 0 Å². The fourth-order valence-corrected chi connectivity index (χ4v) is 2.57. The largest absolute Gasteiger partial charge is 0.493 e. The molecule has 1 N–H and O–H groups in total. The normalized spacial score (nSPS) is 13.5. The van der Waals surface area contributed by atoms with Gasteiger partial charge in [0.1, 0.15) is 5.75 Å². The predicted octanol–water partition coefficient (Wildman–Crippen LogP) is 3.75. The highest BCUT2D eigenvalue weighted by atomic mass is 16.5. The van der Waals surface area contributed by atoms with Gasteiger partial charge < -0.3 is 19.1 Å². The molecule has 1 atom stereocenters. The topological polar surface area (TPSA) is 55.8 Å². The lowest BCUT2D eigenvalue weighted by Crippen LogP contribution is -2.47. The van der Waals surface area contributed by atoms with E-state index in [1.54, 1.807) is 0 Å². The molecule has 1 rings (SSSR count). The van der Waals surface area contributed by atoms with Crippen LogP contribution in [0.5, 0.6) is 5.75 Å². The number of carboxylic acids is 1. The summed E-state index contributed by atoms with van der Waals surface area (Å²) in [5, 5.41) is 8.99. The second-order valence-corrected chi connectivity index (χ2v) is 8.43. The van der Waals surface area contributed by atoms with E-state index in [9.17, 15) is 4.79 Å². The van der Waals surface area contributed by atoms with Crippen molar-refractivity contribution >= 4 is 5.97 Å². The molecule has 0 heterocycles. The Morgan fingerprint density at radius 1 is 1.19 bits per heavy atom. The molecule has 1 aromatic carbocycles. The number of ether oxygens (including phenoxy) is 2. The van der Waals surface area contributed by atoms with Crippen LogP contribution in [0.4, 0.5) is 0 Å². The maximum absolute atomic E-state index is 10.9. The van der Waals surface area contributed by atoms with Crippen molar-refractivity contribution in [1.82, 2.24) is 0 Å². The van der Waals surface area contributed by atoms with Crippen LogP contribution in [-0.2, 0) is 9.53 Å². The Hall–Kier alpha value is -1.59. The van der Waals surface area contributed by atoms with Crippen molar-refractivity contribution in [2.75, 3.05) is 40.4 Å². The maximum atomic E-state index is 10.9. The Balaban J connectivity index is 2.42. The van der Waals surface area contributed by atoms with E-state index in [4.69, 9.17) is 14.6 Å². The van der Waals surface area contributed by atoms with Crippen LogP contribution in [0.15, 0.2) is 24.3 Å². The zero-order valence-corrected chi connectivity index (χ0v) is 17.2. The molecule has 0 radical (unpaired) electrons. The van der Waals surface area contributed by atoms with E-state index in [2.05, 4.69) is 27.7 Å². The number of aryl methyl sites for hydroxylation is 1. The van der Waals surface area contributed by atoms with Gasteiger partial charge in [0.15, 0.2) is 6.54 Å². The SMILES string of the molecule is CCC(COc1ccc(C)cc1)COC(C)(C)CC[N+](C)(C)CC(=O)O. The van der Waals surface area contributed by atoms with Crippen LogP contribution < -0.4 is 4.74 Å². The highest BCUT2D eigenvalue weighted by molar-refractivity contribution is 5.67. The Morgan fingerprint density at radius 3 is 2.35 bits per heavy atom. The molecule has 148 valence electrons. The lowest BCUT2D eigenvalue weighted by molar-refractivity contribution is -0.883. The van der Waals surface area contributed by atoms with Gasteiger partial charge in [-0.1, -0.05) is 24.6 Å². The van der Waals surface area contributed by atoms with Gasteiger partial charge in [-0.15, -0.1) is 0 Å². The van der Waals surface area contributed by atoms with Crippen molar-refractivity contribution in [3.8, 4) is 5.75 Å².